The minimum Gasteiger partial charge on any atom is -0.0654 e. The van der Waals surface area contributed by atoms with Crippen LogP contribution in [-0.2, 0) is 19.4 Å². The number of hydrogen-bond donors (Lipinski definition) is 0. The molecule has 0 aromatic rings. The second-order valence-corrected chi connectivity index (χ2v) is 6.13. The Morgan fingerprint density at radius 3 is 2.47 bits per heavy atom. The van der Waals surface area contributed by atoms with Crippen molar-refractivity contribution in [1.82, 2.24) is 0 Å². The summed E-state index contributed by atoms with van der Waals surface area (Å²) in [7, 11) is 0. The van der Waals surface area contributed by atoms with Crippen LogP contribution in [-0.4, -0.2) is 4.40 Å². The van der Waals surface area contributed by atoms with Crippen molar-refractivity contribution in [2.75, 3.05) is 0 Å². The topological polar surface area (TPSA) is 0 Å². The van der Waals surface area contributed by atoms with Crippen LogP contribution in [0.4, 0.5) is 0 Å². The molecule has 0 fully saturated rings. The van der Waals surface area contributed by atoms with Gasteiger partial charge in [-0.25, -0.2) is 0 Å². The normalized spacial score (nSPS) is 13.7. The van der Waals surface area contributed by atoms with Crippen molar-refractivity contribution in [2.24, 2.45) is 5.92 Å². The molecule has 0 amide bonds. The van der Waals surface area contributed by atoms with Gasteiger partial charge in [-0.1, -0.05) is 13.3 Å². The van der Waals surface area contributed by atoms with E-state index in [0.29, 0.717) is 0 Å². The van der Waals surface area contributed by atoms with Crippen LogP contribution in [0.5, 0.6) is 0 Å². The van der Waals surface area contributed by atoms with E-state index in [1.54, 1.807) is 0 Å². The molecule has 1 atom stereocenters. The Morgan fingerprint density at radius 1 is 1.16 bits per heavy atom. The molecule has 0 spiro atoms. The molecule has 0 aliphatic carbocycles. The second-order valence-electron chi connectivity index (χ2n) is 5.28. The predicted molar refractivity (Wildman–Crippen MR) is 85.3 cm³/mol. The van der Waals surface area contributed by atoms with Crippen molar-refractivity contribution in [3.05, 3.63) is 36.5 Å². The van der Waals surface area contributed by atoms with Gasteiger partial charge in [0, 0.05) is 0 Å². The number of rotatable bonds is 12. The molecule has 0 aromatic carbocycles. The zero-order valence-corrected chi connectivity index (χ0v) is 15.7. The Labute approximate surface area is 131 Å². The molecule has 1 unspecified atom stereocenters. The fraction of sp³-hybridized carbons (Fsp3) is 0.611. The number of allylic oxidation sites excluding steroid dienone is 5. The molecule has 0 rings (SSSR count). The van der Waals surface area contributed by atoms with Gasteiger partial charge in [0.1, 0.15) is 0 Å². The molecular weight excluding hydrogens is 400 g/mol. The van der Waals surface area contributed by atoms with Crippen LogP contribution in [0.1, 0.15) is 65.2 Å². The van der Waals surface area contributed by atoms with E-state index in [1.807, 2.05) is 6.08 Å². The van der Waals surface area contributed by atoms with E-state index in [2.05, 4.69) is 43.1 Å². The summed E-state index contributed by atoms with van der Waals surface area (Å²) in [5.74, 6) is 0.910. The van der Waals surface area contributed by atoms with Crippen LogP contribution < -0.4 is 0 Å². The fourth-order valence-corrected chi connectivity index (χ4v) is 2.81. The predicted octanol–water partition coefficient (Wildman–Crippen LogP) is 5.78. The first-order valence-corrected chi connectivity index (χ1v) is 9.35. The minimum absolute atomic E-state index is 0.910. The maximum absolute atomic E-state index is 3.75. The molecule has 0 saturated heterocycles. The quantitative estimate of drug-likeness (QED) is 0.209. The molecule has 0 N–H and O–H groups in total. The van der Waals surface area contributed by atoms with Crippen LogP contribution >= 0.6 is 0 Å². The van der Waals surface area contributed by atoms with E-state index in [-0.39, 0.29) is 0 Å². The SMILES string of the molecule is C=C/C=C(\[CH]=[W])CCC=CCCCC(C)CCCC. The third-order valence-corrected chi connectivity index (χ3v) is 4.46. The van der Waals surface area contributed by atoms with Gasteiger partial charge in [0.15, 0.2) is 0 Å². The number of hydrogen-bond acceptors (Lipinski definition) is 0. The summed E-state index contributed by atoms with van der Waals surface area (Å²) < 4.78 is 2.25. The van der Waals surface area contributed by atoms with Gasteiger partial charge in [-0.3, -0.25) is 0 Å². The van der Waals surface area contributed by atoms with E-state index < -0.39 is 0 Å². The Bertz CT molecular complexity index is 286. The zero-order chi connectivity index (χ0) is 14.3. The van der Waals surface area contributed by atoms with Crippen LogP contribution in [0.3, 0.4) is 0 Å². The van der Waals surface area contributed by atoms with E-state index in [0.717, 1.165) is 18.8 Å². The van der Waals surface area contributed by atoms with E-state index in [1.165, 1.54) is 63.5 Å². The average molecular weight is 430 g/mol. The average Bonchev–Trinajstić information content (AvgIpc) is 2.42. The van der Waals surface area contributed by atoms with E-state index in [9.17, 15) is 0 Å². The molecule has 0 bridgehead atoms. The maximum atomic E-state index is 3.75. The van der Waals surface area contributed by atoms with Crippen molar-refractivity contribution < 1.29 is 19.4 Å². The van der Waals surface area contributed by atoms with Crippen molar-refractivity contribution in [3.8, 4) is 0 Å². The number of unbranched alkanes of at least 4 members (excludes halogenated alkanes) is 2. The van der Waals surface area contributed by atoms with Gasteiger partial charge in [0.25, 0.3) is 0 Å². The van der Waals surface area contributed by atoms with Crippen molar-refractivity contribution >= 4 is 4.40 Å². The van der Waals surface area contributed by atoms with Gasteiger partial charge in [-0.2, -0.15) is 0 Å². The molecule has 0 aliphatic rings. The molecule has 0 heterocycles. The smallest absolute Gasteiger partial charge is 0.0654 e. The fourth-order valence-electron chi connectivity index (χ4n) is 2.10. The van der Waals surface area contributed by atoms with Gasteiger partial charge in [0.2, 0.25) is 0 Å². The summed E-state index contributed by atoms with van der Waals surface area (Å²) in [5, 5.41) is 0. The molecule has 19 heavy (non-hydrogen) atoms. The second kappa shape index (κ2) is 14.2. The van der Waals surface area contributed by atoms with Crippen LogP contribution in [0, 0.1) is 5.92 Å². The molecule has 0 nitrogen and oxygen atoms in total. The first-order valence-electron chi connectivity index (χ1n) is 7.66. The molecule has 0 aromatic heterocycles. The Hall–Kier alpha value is -0.222. The van der Waals surface area contributed by atoms with Crippen molar-refractivity contribution in [1.29, 1.82) is 0 Å². The minimum atomic E-state index is 0.910. The van der Waals surface area contributed by atoms with Gasteiger partial charge < -0.3 is 0 Å². The molecular formula is C18H30W. The first kappa shape index (κ1) is 18.8. The van der Waals surface area contributed by atoms with E-state index in [4.69, 9.17) is 0 Å². The molecule has 0 radical (unpaired) electrons. The summed E-state index contributed by atoms with van der Waals surface area (Å²) in [6.07, 6.45) is 19.1. The van der Waals surface area contributed by atoms with Crippen molar-refractivity contribution in [2.45, 2.75) is 65.2 Å². The van der Waals surface area contributed by atoms with Crippen molar-refractivity contribution in [3.63, 3.8) is 0 Å². The first-order chi connectivity index (χ1) is 9.24. The zero-order valence-electron chi connectivity index (χ0n) is 12.7. The summed E-state index contributed by atoms with van der Waals surface area (Å²) in [6.45, 7) is 8.42. The molecule has 0 saturated carbocycles. The van der Waals surface area contributed by atoms with Crippen LogP contribution in [0.25, 0.3) is 0 Å². The van der Waals surface area contributed by atoms with Gasteiger partial charge in [-0.05, 0) is 0 Å². The third kappa shape index (κ3) is 12.6. The van der Waals surface area contributed by atoms with E-state index >= 15 is 0 Å². The Kier molecular flexibility index (Phi) is 14.0. The summed E-state index contributed by atoms with van der Waals surface area (Å²) >= 11 is 1.52. The molecule has 0 aliphatic heterocycles. The third-order valence-electron chi connectivity index (χ3n) is 3.37. The van der Waals surface area contributed by atoms with Crippen LogP contribution in [0.15, 0.2) is 36.5 Å². The summed E-state index contributed by atoms with van der Waals surface area (Å²) in [6, 6.07) is 0. The standard InChI is InChI=1S/C18H30.W/c1-5-7-14-18(4)16-12-10-8-9-11-15-17(3)13-6-2;/h3,6,8-9,13,18H,2,5,7,10-12,14-16H2,1,4H3;/b9-8?,17-13+;. The van der Waals surface area contributed by atoms with Gasteiger partial charge in [0.05, 0.1) is 0 Å². The Balaban J connectivity index is 3.56. The van der Waals surface area contributed by atoms with Crippen LogP contribution in [0.2, 0.25) is 0 Å². The van der Waals surface area contributed by atoms with Gasteiger partial charge >= 0.3 is 118 Å². The summed E-state index contributed by atoms with van der Waals surface area (Å²) in [4.78, 5) is 0. The monoisotopic (exact) mass is 430 g/mol. The molecule has 1 heteroatoms. The van der Waals surface area contributed by atoms with Gasteiger partial charge in [-0.15, -0.1) is 0 Å². The Morgan fingerprint density at radius 2 is 1.84 bits per heavy atom. The summed E-state index contributed by atoms with van der Waals surface area (Å²) in [5.41, 5.74) is 1.42. The molecule has 108 valence electrons.